The van der Waals surface area contributed by atoms with Crippen LogP contribution in [-0.4, -0.2) is 8.75 Å². The molecule has 0 amide bonds. The van der Waals surface area contributed by atoms with E-state index >= 15 is 0 Å². The van der Waals surface area contributed by atoms with Gasteiger partial charge >= 0.3 is 0 Å². The molecule has 0 aliphatic heterocycles. The Morgan fingerprint density at radius 2 is 1.85 bits per heavy atom. The lowest BCUT2D eigenvalue weighted by atomic mass is 10.2. The number of rotatable bonds is 3. The van der Waals surface area contributed by atoms with E-state index in [9.17, 15) is 0 Å². The number of hydrogen-bond donors (Lipinski definition) is 1. The quantitative estimate of drug-likeness (QED) is 0.702. The van der Waals surface area contributed by atoms with Gasteiger partial charge in [0, 0.05) is 16.3 Å². The summed E-state index contributed by atoms with van der Waals surface area (Å²) in [4.78, 5) is 2.62. The van der Waals surface area contributed by atoms with Crippen LogP contribution >= 0.6 is 46.3 Å². The van der Waals surface area contributed by atoms with Crippen molar-refractivity contribution in [3.8, 4) is 0 Å². The molecule has 2 aromatic heterocycles. The van der Waals surface area contributed by atoms with Crippen molar-refractivity contribution in [2.24, 2.45) is 0 Å². The van der Waals surface area contributed by atoms with Gasteiger partial charge in [0.15, 0.2) is 0 Å². The molecule has 0 fully saturated rings. The average molecular weight is 344 g/mol. The summed E-state index contributed by atoms with van der Waals surface area (Å²) in [6, 6.07) is 3.90. The number of aromatic nitrogens is 2. The fourth-order valence-electron chi connectivity index (χ4n) is 2.08. The van der Waals surface area contributed by atoms with Gasteiger partial charge in [0.25, 0.3) is 0 Å². The molecule has 1 aromatic carbocycles. The molecule has 0 unspecified atom stereocenters. The van der Waals surface area contributed by atoms with Crippen LogP contribution in [-0.2, 0) is 6.54 Å². The fraction of sp³-hybridized carbons (Fsp3) is 0.231. The van der Waals surface area contributed by atoms with E-state index < -0.39 is 0 Å². The minimum absolute atomic E-state index is 0.534. The molecule has 0 saturated carbocycles. The Hall–Kier alpha value is -0.880. The highest BCUT2D eigenvalue weighted by molar-refractivity contribution is 7.12. The third-order valence-corrected chi connectivity index (χ3v) is 5.17. The summed E-state index contributed by atoms with van der Waals surface area (Å²) < 4.78 is 8.48. The predicted molar refractivity (Wildman–Crippen MR) is 88.6 cm³/mol. The number of hydrogen-bond acceptors (Lipinski definition) is 5. The zero-order valence-corrected chi connectivity index (χ0v) is 14.0. The number of fused-ring (bicyclic) bond motifs is 1. The number of aryl methyl sites for hydroxylation is 2. The third-order valence-electron chi connectivity index (χ3n) is 3.04. The zero-order chi connectivity index (χ0) is 14.3. The predicted octanol–water partition coefficient (Wildman–Crippen LogP) is 5.29. The summed E-state index contributed by atoms with van der Waals surface area (Å²) in [6.07, 6.45) is 0. The molecule has 1 N–H and O–H groups in total. The minimum atomic E-state index is 0.534. The molecule has 7 heteroatoms. The first-order valence-electron chi connectivity index (χ1n) is 5.96. The number of nitrogens with one attached hydrogen (secondary N) is 1. The monoisotopic (exact) mass is 343 g/mol. The van der Waals surface area contributed by atoms with Gasteiger partial charge in [-0.2, -0.15) is 8.75 Å². The molecule has 0 radical (unpaired) electrons. The van der Waals surface area contributed by atoms with Gasteiger partial charge in [0.2, 0.25) is 0 Å². The molecule has 3 aromatic rings. The van der Waals surface area contributed by atoms with E-state index in [-0.39, 0.29) is 0 Å². The van der Waals surface area contributed by atoms with E-state index in [0.29, 0.717) is 22.1 Å². The summed E-state index contributed by atoms with van der Waals surface area (Å²) in [7, 11) is 0. The highest BCUT2D eigenvalue weighted by Gasteiger charge is 2.14. The van der Waals surface area contributed by atoms with Crippen LogP contribution in [0.25, 0.3) is 11.0 Å². The van der Waals surface area contributed by atoms with Gasteiger partial charge in [-0.1, -0.05) is 23.2 Å². The number of anilines is 1. The first-order valence-corrected chi connectivity index (χ1v) is 8.26. The van der Waals surface area contributed by atoms with Crippen LogP contribution in [0.3, 0.4) is 0 Å². The standard InChI is InChI=1S/C13H11Cl2N3S2/c1-6-3-8(7(2)19-6)5-16-11-9(14)4-10(15)12-13(11)18-20-17-12/h3-4,16H,5H2,1-2H3. The maximum absolute atomic E-state index is 6.27. The molecule has 0 aliphatic carbocycles. The maximum Gasteiger partial charge on any atom is 0.130 e. The van der Waals surface area contributed by atoms with E-state index in [1.54, 1.807) is 17.4 Å². The number of nitrogens with zero attached hydrogens (tertiary/aromatic N) is 2. The second kappa shape index (κ2) is 5.48. The third kappa shape index (κ3) is 2.51. The molecule has 2 heterocycles. The van der Waals surface area contributed by atoms with Crippen molar-refractivity contribution in [2.75, 3.05) is 5.32 Å². The van der Waals surface area contributed by atoms with Crippen molar-refractivity contribution in [3.63, 3.8) is 0 Å². The lowest BCUT2D eigenvalue weighted by Gasteiger charge is -2.09. The molecule has 0 bridgehead atoms. The number of halogens is 2. The number of benzene rings is 1. The van der Waals surface area contributed by atoms with E-state index in [2.05, 4.69) is 34.0 Å². The van der Waals surface area contributed by atoms with E-state index in [1.807, 2.05) is 0 Å². The van der Waals surface area contributed by atoms with Crippen molar-refractivity contribution in [1.29, 1.82) is 0 Å². The molecule has 3 rings (SSSR count). The topological polar surface area (TPSA) is 37.8 Å². The summed E-state index contributed by atoms with van der Waals surface area (Å²) in [5.74, 6) is 0. The van der Waals surface area contributed by atoms with E-state index in [1.165, 1.54) is 15.3 Å². The van der Waals surface area contributed by atoms with Crippen molar-refractivity contribution >= 4 is 63.0 Å². The Labute approximate surface area is 134 Å². The lowest BCUT2D eigenvalue weighted by Crippen LogP contribution is -2.01. The minimum Gasteiger partial charge on any atom is -0.378 e. The van der Waals surface area contributed by atoms with Crippen molar-refractivity contribution in [3.05, 3.63) is 37.5 Å². The van der Waals surface area contributed by atoms with Gasteiger partial charge in [0.05, 0.1) is 27.5 Å². The lowest BCUT2D eigenvalue weighted by molar-refractivity contribution is 1.14. The SMILES string of the molecule is Cc1cc(CNc2c(Cl)cc(Cl)c3nsnc23)c(C)s1. The van der Waals surface area contributed by atoms with Gasteiger partial charge < -0.3 is 5.32 Å². The van der Waals surface area contributed by atoms with Crippen LogP contribution in [0, 0.1) is 13.8 Å². The normalized spacial score (nSPS) is 11.2. The Bertz CT molecular complexity index is 779. The van der Waals surface area contributed by atoms with Crippen LogP contribution in [0.5, 0.6) is 0 Å². The van der Waals surface area contributed by atoms with Crippen LogP contribution in [0.4, 0.5) is 5.69 Å². The molecule has 104 valence electrons. The summed E-state index contributed by atoms with van der Waals surface area (Å²) in [5, 5.41) is 4.46. The van der Waals surface area contributed by atoms with Crippen LogP contribution in [0.2, 0.25) is 10.0 Å². The molecular weight excluding hydrogens is 333 g/mol. The van der Waals surface area contributed by atoms with Crippen LogP contribution in [0.15, 0.2) is 12.1 Å². The maximum atomic E-state index is 6.27. The average Bonchev–Trinajstić information content (AvgIpc) is 2.96. The van der Waals surface area contributed by atoms with Crippen LogP contribution in [0.1, 0.15) is 15.3 Å². The molecular formula is C13H11Cl2N3S2. The van der Waals surface area contributed by atoms with Gasteiger partial charge in [0.1, 0.15) is 11.0 Å². The van der Waals surface area contributed by atoms with Gasteiger partial charge in [-0.05, 0) is 31.5 Å². The summed E-state index contributed by atoms with van der Waals surface area (Å²) in [6.45, 7) is 4.95. The molecule has 0 atom stereocenters. The molecule has 0 saturated heterocycles. The zero-order valence-electron chi connectivity index (χ0n) is 10.8. The Morgan fingerprint density at radius 1 is 1.10 bits per heavy atom. The van der Waals surface area contributed by atoms with Gasteiger partial charge in [-0.25, -0.2) is 0 Å². The highest BCUT2D eigenvalue weighted by Crippen LogP contribution is 2.35. The van der Waals surface area contributed by atoms with Gasteiger partial charge in [-0.3, -0.25) is 0 Å². The van der Waals surface area contributed by atoms with Crippen LogP contribution < -0.4 is 5.32 Å². The van der Waals surface area contributed by atoms with Crippen molar-refractivity contribution < 1.29 is 0 Å². The molecule has 3 nitrogen and oxygen atoms in total. The summed E-state index contributed by atoms with van der Waals surface area (Å²) in [5.41, 5.74) is 3.50. The highest BCUT2D eigenvalue weighted by atomic mass is 35.5. The van der Waals surface area contributed by atoms with Crippen molar-refractivity contribution in [1.82, 2.24) is 8.75 Å². The Balaban J connectivity index is 1.95. The first kappa shape index (κ1) is 14.1. The van der Waals surface area contributed by atoms with E-state index in [0.717, 1.165) is 22.9 Å². The van der Waals surface area contributed by atoms with E-state index in [4.69, 9.17) is 23.2 Å². The smallest absolute Gasteiger partial charge is 0.130 e. The van der Waals surface area contributed by atoms with Gasteiger partial charge in [-0.15, -0.1) is 11.3 Å². The largest absolute Gasteiger partial charge is 0.378 e. The molecule has 0 spiro atoms. The summed E-state index contributed by atoms with van der Waals surface area (Å²) >= 11 is 15.3. The van der Waals surface area contributed by atoms with Crippen molar-refractivity contribution in [2.45, 2.75) is 20.4 Å². The second-order valence-corrected chi connectivity index (χ2v) is 7.27. The molecule has 0 aliphatic rings. The first-order chi connectivity index (χ1) is 9.56. The second-order valence-electron chi connectivity index (χ2n) is 4.47. The fourth-order valence-corrected chi connectivity index (χ4v) is 4.21. The number of thiophene rings is 1. The Kier molecular flexibility index (Phi) is 3.86. The Morgan fingerprint density at radius 3 is 2.55 bits per heavy atom. The molecule has 20 heavy (non-hydrogen) atoms.